The van der Waals surface area contributed by atoms with Gasteiger partial charge in [0, 0.05) is 24.1 Å². The van der Waals surface area contributed by atoms with E-state index in [1.165, 1.54) is 17.6 Å². The van der Waals surface area contributed by atoms with Crippen molar-refractivity contribution < 1.29 is 17.9 Å². The molecule has 0 N–H and O–H groups in total. The molecule has 0 atom stereocenters. The normalized spacial score (nSPS) is 12.6. The van der Waals surface area contributed by atoms with Crippen molar-refractivity contribution in [2.45, 2.75) is 31.4 Å². The van der Waals surface area contributed by atoms with Gasteiger partial charge in [-0.25, -0.2) is 8.42 Å². The smallest absolute Gasteiger partial charge is 0.279 e. The van der Waals surface area contributed by atoms with Crippen molar-refractivity contribution in [1.29, 1.82) is 0 Å². The second kappa shape index (κ2) is 9.36. The number of benzene rings is 2. The average Bonchev–Trinajstić information content (AvgIpc) is 3.01. The Balaban J connectivity index is 2.03. The summed E-state index contributed by atoms with van der Waals surface area (Å²) in [6.07, 6.45) is 3.26. The quantitative estimate of drug-likeness (QED) is 0.528. The molecule has 0 aliphatic carbocycles. The van der Waals surface area contributed by atoms with Crippen LogP contribution in [-0.4, -0.2) is 43.3 Å². The predicted molar refractivity (Wildman–Crippen MR) is 123 cm³/mol. The van der Waals surface area contributed by atoms with E-state index >= 15 is 0 Å². The van der Waals surface area contributed by atoms with Crippen molar-refractivity contribution in [2.24, 2.45) is 4.99 Å². The van der Waals surface area contributed by atoms with E-state index in [0.29, 0.717) is 22.7 Å². The van der Waals surface area contributed by atoms with Gasteiger partial charge >= 0.3 is 0 Å². The molecule has 0 radical (unpaired) electrons. The number of hydrogen-bond acceptors (Lipinski definition) is 6. The number of rotatable bonds is 7. The van der Waals surface area contributed by atoms with E-state index in [0.717, 1.165) is 16.0 Å². The average molecular weight is 465 g/mol. The van der Waals surface area contributed by atoms with Crippen molar-refractivity contribution in [3.05, 3.63) is 52.8 Å². The van der Waals surface area contributed by atoms with Gasteiger partial charge in [-0.1, -0.05) is 11.3 Å². The lowest BCUT2D eigenvalue weighted by Crippen LogP contribution is -2.18. The number of ether oxygens (including phenoxy) is 1. The maximum absolute atomic E-state index is 12.8. The lowest BCUT2D eigenvalue weighted by atomic mass is 10.2. The van der Waals surface area contributed by atoms with Crippen molar-refractivity contribution in [2.75, 3.05) is 18.3 Å². The first-order valence-electron chi connectivity index (χ1n) is 9.37. The Kier molecular flexibility index (Phi) is 7.05. The molecule has 0 fully saturated rings. The van der Waals surface area contributed by atoms with Crippen LogP contribution in [0, 0.1) is 0 Å². The fourth-order valence-corrected chi connectivity index (χ4v) is 5.05. The maximum atomic E-state index is 12.8. The van der Waals surface area contributed by atoms with Gasteiger partial charge in [0.25, 0.3) is 5.91 Å². The highest BCUT2D eigenvalue weighted by Gasteiger charge is 2.13. The number of carbonyl (C=O) groups excluding carboxylic acids is 1. The second-order valence-corrected chi connectivity index (χ2v) is 11.0. The summed E-state index contributed by atoms with van der Waals surface area (Å²) in [6, 6.07) is 11.9. The van der Waals surface area contributed by atoms with Crippen LogP contribution >= 0.6 is 23.1 Å². The molecule has 1 aromatic heterocycles. The van der Waals surface area contributed by atoms with Crippen molar-refractivity contribution >= 4 is 49.1 Å². The van der Waals surface area contributed by atoms with E-state index in [1.807, 2.05) is 24.7 Å². The number of nitrogens with zero attached hydrogens (tertiary/aromatic N) is 2. The SMILES string of the molecule is CSCCn1c(=NC(=O)c2ccc(OC(C)C)cc2)sc2cc(S(C)(=O)=O)ccc21. The zero-order chi connectivity index (χ0) is 21.9. The highest BCUT2D eigenvalue weighted by atomic mass is 32.2. The van der Waals surface area contributed by atoms with Gasteiger partial charge in [-0.2, -0.15) is 16.8 Å². The summed E-state index contributed by atoms with van der Waals surface area (Å²) in [6.45, 7) is 4.56. The summed E-state index contributed by atoms with van der Waals surface area (Å²) in [4.78, 5) is 17.9. The van der Waals surface area contributed by atoms with E-state index in [1.54, 1.807) is 54.2 Å². The van der Waals surface area contributed by atoms with Gasteiger partial charge in [0.2, 0.25) is 0 Å². The molecule has 0 bridgehead atoms. The number of hydrogen-bond donors (Lipinski definition) is 0. The van der Waals surface area contributed by atoms with Gasteiger partial charge in [0.15, 0.2) is 14.6 Å². The van der Waals surface area contributed by atoms with Crippen molar-refractivity contribution in [1.82, 2.24) is 4.57 Å². The number of sulfone groups is 1. The molecule has 9 heteroatoms. The van der Waals surface area contributed by atoms with Crippen LogP contribution in [0.4, 0.5) is 0 Å². The highest BCUT2D eigenvalue weighted by molar-refractivity contribution is 7.98. The number of thiazole rings is 1. The highest BCUT2D eigenvalue weighted by Crippen LogP contribution is 2.22. The molecule has 30 heavy (non-hydrogen) atoms. The zero-order valence-corrected chi connectivity index (χ0v) is 19.7. The van der Waals surface area contributed by atoms with E-state index in [2.05, 4.69) is 4.99 Å². The predicted octanol–water partition coefficient (Wildman–Crippen LogP) is 4.00. The summed E-state index contributed by atoms with van der Waals surface area (Å²) in [7, 11) is -3.31. The topological polar surface area (TPSA) is 77.7 Å². The summed E-state index contributed by atoms with van der Waals surface area (Å²) in [5.74, 6) is 1.20. The molecule has 160 valence electrons. The van der Waals surface area contributed by atoms with E-state index < -0.39 is 9.84 Å². The third-order valence-corrected chi connectivity index (χ3v) is 7.01. The molecular weight excluding hydrogens is 440 g/mol. The number of carbonyl (C=O) groups is 1. The van der Waals surface area contributed by atoms with Crippen LogP contribution in [0.2, 0.25) is 0 Å². The van der Waals surface area contributed by atoms with E-state index in [-0.39, 0.29) is 16.9 Å². The van der Waals surface area contributed by atoms with E-state index in [9.17, 15) is 13.2 Å². The molecule has 1 heterocycles. The molecule has 0 spiro atoms. The van der Waals surface area contributed by atoms with Crippen molar-refractivity contribution in [3.8, 4) is 5.75 Å². The lowest BCUT2D eigenvalue weighted by Gasteiger charge is -2.09. The zero-order valence-electron chi connectivity index (χ0n) is 17.3. The first-order valence-corrected chi connectivity index (χ1v) is 13.5. The standard InChI is InChI=1S/C21H24N2O4S3/c1-14(2)27-16-7-5-15(6-8-16)20(24)22-21-23(11-12-28-3)18-10-9-17(30(4,25)26)13-19(18)29-21/h5-10,13-14H,11-12H2,1-4H3. The van der Waals surface area contributed by atoms with E-state index in [4.69, 9.17) is 4.74 Å². The van der Waals surface area contributed by atoms with Crippen LogP contribution in [0.1, 0.15) is 24.2 Å². The molecule has 3 rings (SSSR count). The summed E-state index contributed by atoms with van der Waals surface area (Å²) >= 11 is 3.01. The molecule has 0 saturated carbocycles. The Hall–Kier alpha value is -2.10. The number of amides is 1. The molecule has 0 aliphatic rings. The van der Waals surface area contributed by atoms with Crippen LogP contribution in [0.5, 0.6) is 5.75 Å². The Morgan fingerprint density at radius 1 is 1.20 bits per heavy atom. The third kappa shape index (κ3) is 5.33. The number of thioether (sulfide) groups is 1. The van der Waals surface area contributed by atoms with Gasteiger partial charge in [0.05, 0.1) is 21.2 Å². The van der Waals surface area contributed by atoms with Crippen LogP contribution in [0.15, 0.2) is 52.4 Å². The summed E-state index contributed by atoms with van der Waals surface area (Å²) < 4.78 is 32.2. The Labute approximate surface area is 184 Å². The first-order chi connectivity index (χ1) is 14.2. The second-order valence-electron chi connectivity index (χ2n) is 7.04. The maximum Gasteiger partial charge on any atom is 0.279 e. The summed E-state index contributed by atoms with van der Waals surface area (Å²) in [5, 5.41) is 0. The molecule has 0 unspecified atom stereocenters. The molecule has 0 saturated heterocycles. The molecule has 0 aliphatic heterocycles. The molecule has 3 aromatic rings. The fraction of sp³-hybridized carbons (Fsp3) is 0.333. The minimum Gasteiger partial charge on any atom is -0.491 e. The number of aromatic nitrogens is 1. The largest absolute Gasteiger partial charge is 0.491 e. The van der Waals surface area contributed by atoms with Crippen LogP contribution in [0.25, 0.3) is 10.2 Å². The van der Waals surface area contributed by atoms with Crippen LogP contribution < -0.4 is 9.54 Å². The van der Waals surface area contributed by atoms with Gasteiger partial charge in [0.1, 0.15) is 5.75 Å². The Bertz CT molecular complexity index is 1220. The molecular formula is C21H24N2O4S3. The number of fused-ring (bicyclic) bond motifs is 1. The minimum absolute atomic E-state index is 0.0574. The Morgan fingerprint density at radius 2 is 1.90 bits per heavy atom. The Morgan fingerprint density at radius 3 is 2.50 bits per heavy atom. The minimum atomic E-state index is -3.31. The lowest BCUT2D eigenvalue weighted by molar-refractivity contribution is 0.0998. The van der Waals surface area contributed by atoms with Gasteiger partial charge < -0.3 is 9.30 Å². The van der Waals surface area contributed by atoms with Crippen LogP contribution in [-0.2, 0) is 16.4 Å². The summed E-state index contributed by atoms with van der Waals surface area (Å²) in [5.41, 5.74) is 1.34. The van der Waals surface area contributed by atoms with Gasteiger partial charge in [-0.15, -0.1) is 0 Å². The van der Waals surface area contributed by atoms with Crippen LogP contribution in [0.3, 0.4) is 0 Å². The van der Waals surface area contributed by atoms with Crippen molar-refractivity contribution in [3.63, 3.8) is 0 Å². The number of aryl methyl sites for hydroxylation is 1. The monoisotopic (exact) mass is 464 g/mol. The molecule has 6 nitrogen and oxygen atoms in total. The fourth-order valence-electron chi connectivity index (χ4n) is 2.87. The van der Waals surface area contributed by atoms with Gasteiger partial charge in [-0.3, -0.25) is 4.79 Å². The first kappa shape index (κ1) is 22.6. The molecule has 2 aromatic carbocycles. The van der Waals surface area contributed by atoms with Gasteiger partial charge in [-0.05, 0) is 62.6 Å². The molecule has 1 amide bonds. The third-order valence-electron chi connectivity index (χ3n) is 4.27.